The van der Waals surface area contributed by atoms with Crippen molar-refractivity contribution in [1.29, 1.82) is 0 Å². The maximum Gasteiger partial charge on any atom is 0.271 e. The summed E-state index contributed by atoms with van der Waals surface area (Å²) in [5.74, 6) is 0.624. The molecule has 9 heteroatoms. The van der Waals surface area contributed by atoms with Gasteiger partial charge >= 0.3 is 0 Å². The van der Waals surface area contributed by atoms with Crippen LogP contribution in [-0.4, -0.2) is 26.0 Å². The fourth-order valence-corrected chi connectivity index (χ4v) is 4.12. The van der Waals surface area contributed by atoms with Crippen LogP contribution in [0.15, 0.2) is 51.3 Å². The summed E-state index contributed by atoms with van der Waals surface area (Å²) in [6.45, 7) is 3.97. The number of hydrogen-bond donors (Lipinski definition) is 1. The van der Waals surface area contributed by atoms with Crippen LogP contribution < -0.4 is 5.32 Å². The highest BCUT2D eigenvalue weighted by Gasteiger charge is 2.26. The Hall–Kier alpha value is -2.91. The molecule has 0 spiro atoms. The van der Waals surface area contributed by atoms with Crippen molar-refractivity contribution in [2.24, 2.45) is 5.92 Å². The second-order valence-electron chi connectivity index (χ2n) is 6.44. The molecule has 1 atom stereocenters. The van der Waals surface area contributed by atoms with Crippen molar-refractivity contribution in [2.45, 2.75) is 19.9 Å². The molecule has 0 fully saturated rings. The predicted molar refractivity (Wildman–Crippen MR) is 108 cm³/mol. The van der Waals surface area contributed by atoms with Gasteiger partial charge in [0.1, 0.15) is 16.7 Å². The van der Waals surface area contributed by atoms with Gasteiger partial charge in [-0.1, -0.05) is 19.0 Å². The summed E-state index contributed by atoms with van der Waals surface area (Å²) >= 11 is 3.04. The van der Waals surface area contributed by atoms with Gasteiger partial charge in [0.2, 0.25) is 11.7 Å². The summed E-state index contributed by atoms with van der Waals surface area (Å²) in [6.07, 6.45) is 3.33. The topological polar surface area (TPSA) is 93.8 Å². The van der Waals surface area contributed by atoms with Gasteiger partial charge in [-0.05, 0) is 29.5 Å². The number of carbonyl (C=O) groups is 1. The van der Waals surface area contributed by atoms with E-state index in [0.29, 0.717) is 17.4 Å². The van der Waals surface area contributed by atoms with Crippen LogP contribution >= 0.6 is 22.7 Å². The monoisotopic (exact) mass is 411 g/mol. The van der Waals surface area contributed by atoms with E-state index in [1.807, 2.05) is 30.7 Å². The van der Waals surface area contributed by atoms with Crippen molar-refractivity contribution in [2.75, 3.05) is 0 Å². The summed E-state index contributed by atoms with van der Waals surface area (Å²) in [4.78, 5) is 25.6. The van der Waals surface area contributed by atoms with Crippen molar-refractivity contribution < 1.29 is 9.32 Å². The first kappa shape index (κ1) is 18.5. The molecule has 0 saturated heterocycles. The van der Waals surface area contributed by atoms with Crippen LogP contribution in [0.4, 0.5) is 0 Å². The quantitative estimate of drug-likeness (QED) is 0.504. The lowest BCUT2D eigenvalue weighted by Crippen LogP contribution is -2.32. The van der Waals surface area contributed by atoms with Crippen LogP contribution in [-0.2, 0) is 0 Å². The van der Waals surface area contributed by atoms with Crippen LogP contribution in [0.5, 0.6) is 0 Å². The van der Waals surface area contributed by atoms with Gasteiger partial charge in [0.15, 0.2) is 0 Å². The molecule has 1 unspecified atom stereocenters. The number of nitrogens with zero attached hydrogens (tertiary/aromatic N) is 4. The number of thiazole rings is 1. The third kappa shape index (κ3) is 3.85. The van der Waals surface area contributed by atoms with Crippen molar-refractivity contribution in [3.05, 3.63) is 58.3 Å². The molecule has 0 aliphatic carbocycles. The standard InChI is InChI=1S/C19H17N5O2S2/c1-11(2)15(18-23-16(24-26-18)12-3-6-20-7-4-12)22-17(25)14-10-28-19(21-14)13-5-8-27-9-13/h3-11,15H,1-2H3,(H,22,25). The molecule has 1 N–H and O–H groups in total. The minimum Gasteiger partial charge on any atom is -0.339 e. The van der Waals surface area contributed by atoms with Crippen molar-refractivity contribution in [1.82, 2.24) is 25.4 Å². The SMILES string of the molecule is CC(C)C(NC(=O)c1csc(-c2ccsc2)n1)c1nc(-c2ccncc2)no1. The largest absolute Gasteiger partial charge is 0.339 e. The van der Waals surface area contributed by atoms with Crippen LogP contribution in [0.3, 0.4) is 0 Å². The molecule has 0 saturated carbocycles. The van der Waals surface area contributed by atoms with Gasteiger partial charge in [0, 0.05) is 34.3 Å². The Labute approximate surface area is 169 Å². The lowest BCUT2D eigenvalue weighted by Gasteiger charge is -2.17. The Morgan fingerprint density at radius 3 is 2.64 bits per heavy atom. The Balaban J connectivity index is 1.53. The summed E-state index contributed by atoms with van der Waals surface area (Å²) in [5, 5.41) is 13.6. The molecule has 4 aromatic rings. The number of thiophene rings is 1. The zero-order chi connectivity index (χ0) is 19.5. The first-order chi connectivity index (χ1) is 13.6. The fourth-order valence-electron chi connectivity index (χ4n) is 2.61. The third-order valence-electron chi connectivity index (χ3n) is 4.10. The van der Waals surface area contributed by atoms with Crippen LogP contribution in [0, 0.1) is 5.92 Å². The van der Waals surface area contributed by atoms with Gasteiger partial charge < -0.3 is 9.84 Å². The molecule has 4 aromatic heterocycles. The first-order valence-corrected chi connectivity index (χ1v) is 10.5. The van der Waals surface area contributed by atoms with Gasteiger partial charge in [-0.15, -0.1) is 11.3 Å². The highest BCUT2D eigenvalue weighted by Crippen LogP contribution is 2.27. The maximum atomic E-state index is 12.7. The predicted octanol–water partition coefficient (Wildman–Crippen LogP) is 4.44. The third-order valence-corrected chi connectivity index (χ3v) is 5.68. The maximum absolute atomic E-state index is 12.7. The lowest BCUT2D eigenvalue weighted by molar-refractivity contribution is 0.0909. The van der Waals surface area contributed by atoms with Gasteiger partial charge in [-0.25, -0.2) is 4.98 Å². The molecule has 142 valence electrons. The van der Waals surface area contributed by atoms with E-state index in [2.05, 4.69) is 25.4 Å². The summed E-state index contributed by atoms with van der Waals surface area (Å²) < 4.78 is 5.43. The molecule has 4 rings (SSSR count). The zero-order valence-electron chi connectivity index (χ0n) is 15.2. The highest BCUT2D eigenvalue weighted by molar-refractivity contribution is 7.14. The number of nitrogens with one attached hydrogen (secondary N) is 1. The molecule has 0 aromatic carbocycles. The van der Waals surface area contributed by atoms with Gasteiger partial charge in [0.25, 0.3) is 5.91 Å². The van der Waals surface area contributed by atoms with Gasteiger partial charge in [-0.2, -0.15) is 16.3 Å². The smallest absolute Gasteiger partial charge is 0.271 e. The van der Waals surface area contributed by atoms with Crippen LogP contribution in [0.25, 0.3) is 22.0 Å². The summed E-state index contributed by atoms with van der Waals surface area (Å²) in [5.41, 5.74) is 2.21. The molecule has 28 heavy (non-hydrogen) atoms. The van der Waals surface area contributed by atoms with E-state index in [1.54, 1.807) is 41.2 Å². The molecule has 7 nitrogen and oxygen atoms in total. The number of aromatic nitrogens is 4. The molecule has 0 aliphatic heterocycles. The number of pyridine rings is 1. The summed E-state index contributed by atoms with van der Waals surface area (Å²) in [6, 6.07) is 5.18. The Morgan fingerprint density at radius 2 is 1.93 bits per heavy atom. The van der Waals surface area contributed by atoms with Crippen molar-refractivity contribution in [3.63, 3.8) is 0 Å². The van der Waals surface area contributed by atoms with E-state index < -0.39 is 6.04 Å². The van der Waals surface area contributed by atoms with E-state index >= 15 is 0 Å². The summed E-state index contributed by atoms with van der Waals surface area (Å²) in [7, 11) is 0. The van der Waals surface area contributed by atoms with E-state index in [0.717, 1.165) is 16.1 Å². The molecule has 0 radical (unpaired) electrons. The van der Waals surface area contributed by atoms with Crippen LogP contribution in [0.2, 0.25) is 0 Å². The molecular formula is C19H17N5O2S2. The number of carbonyl (C=O) groups excluding carboxylic acids is 1. The highest BCUT2D eigenvalue weighted by atomic mass is 32.1. The molecule has 0 aliphatic rings. The second kappa shape index (κ2) is 7.99. The van der Waals surface area contributed by atoms with Crippen LogP contribution in [0.1, 0.15) is 36.3 Å². The molecule has 4 heterocycles. The lowest BCUT2D eigenvalue weighted by atomic mass is 10.0. The fraction of sp³-hybridized carbons (Fsp3) is 0.211. The number of amides is 1. The van der Waals surface area contributed by atoms with E-state index in [9.17, 15) is 4.79 Å². The first-order valence-electron chi connectivity index (χ1n) is 8.65. The minimum atomic E-state index is -0.415. The van der Waals surface area contributed by atoms with Gasteiger partial charge in [-0.3, -0.25) is 9.78 Å². The number of hydrogen-bond acceptors (Lipinski definition) is 8. The molecule has 1 amide bonds. The Bertz CT molecular complexity index is 1060. The average Bonchev–Trinajstić information content (AvgIpc) is 3.47. The van der Waals surface area contributed by atoms with Gasteiger partial charge in [0.05, 0.1) is 0 Å². The van der Waals surface area contributed by atoms with Crippen molar-refractivity contribution in [3.8, 4) is 22.0 Å². The van der Waals surface area contributed by atoms with E-state index in [-0.39, 0.29) is 11.8 Å². The number of rotatable bonds is 6. The Kier molecular flexibility index (Phi) is 5.27. The molecule has 0 bridgehead atoms. The van der Waals surface area contributed by atoms with E-state index in [1.165, 1.54) is 11.3 Å². The zero-order valence-corrected chi connectivity index (χ0v) is 16.8. The normalized spacial score (nSPS) is 12.2. The van der Waals surface area contributed by atoms with Crippen molar-refractivity contribution >= 4 is 28.6 Å². The average molecular weight is 412 g/mol. The second-order valence-corrected chi connectivity index (χ2v) is 8.08. The molecular weight excluding hydrogens is 394 g/mol. The minimum absolute atomic E-state index is 0.0599. The Morgan fingerprint density at radius 1 is 1.11 bits per heavy atom. The van der Waals surface area contributed by atoms with E-state index in [4.69, 9.17) is 4.52 Å².